The highest BCUT2D eigenvalue weighted by Gasteiger charge is 2.40. The third-order valence-electron chi connectivity index (χ3n) is 4.06. The third kappa shape index (κ3) is 3.02. The SMILES string of the molecule is CC(=CCl)CN1C2CCC1CC(CC(=O)O)C2. The summed E-state index contributed by atoms with van der Waals surface area (Å²) in [4.78, 5) is 13.3. The van der Waals surface area contributed by atoms with Gasteiger partial charge < -0.3 is 5.11 Å². The molecule has 17 heavy (non-hydrogen) atoms. The molecule has 2 aliphatic heterocycles. The molecular weight excluding hydrogens is 238 g/mol. The van der Waals surface area contributed by atoms with Crippen molar-refractivity contribution in [2.24, 2.45) is 5.92 Å². The van der Waals surface area contributed by atoms with Gasteiger partial charge in [-0.3, -0.25) is 9.69 Å². The van der Waals surface area contributed by atoms with Crippen LogP contribution in [0.4, 0.5) is 0 Å². The standard InChI is InChI=1S/C13H20ClNO2/c1-9(7-14)8-15-11-2-3-12(15)5-10(4-11)6-13(16)17/h7,10-12H,2-6,8H2,1H3,(H,16,17). The van der Waals surface area contributed by atoms with Crippen molar-refractivity contribution in [1.29, 1.82) is 0 Å². The maximum absolute atomic E-state index is 10.8. The number of piperidine rings is 1. The molecule has 2 unspecified atom stereocenters. The lowest BCUT2D eigenvalue weighted by atomic mass is 9.88. The highest BCUT2D eigenvalue weighted by Crippen LogP contribution is 2.40. The second kappa shape index (κ2) is 5.40. The molecule has 0 aliphatic carbocycles. The molecule has 0 amide bonds. The number of halogens is 1. The van der Waals surface area contributed by atoms with Crippen LogP contribution in [0.2, 0.25) is 0 Å². The average Bonchev–Trinajstić information content (AvgIpc) is 2.50. The van der Waals surface area contributed by atoms with Crippen LogP contribution < -0.4 is 0 Å². The molecule has 3 nitrogen and oxygen atoms in total. The molecular formula is C13H20ClNO2. The van der Waals surface area contributed by atoms with E-state index < -0.39 is 5.97 Å². The normalized spacial score (nSPS) is 34.0. The molecule has 2 heterocycles. The number of hydrogen-bond donors (Lipinski definition) is 1. The molecule has 2 bridgehead atoms. The Bertz CT molecular complexity index is 315. The molecule has 2 atom stereocenters. The minimum absolute atomic E-state index is 0.338. The van der Waals surface area contributed by atoms with Crippen molar-refractivity contribution >= 4 is 17.6 Å². The molecule has 1 N–H and O–H groups in total. The van der Waals surface area contributed by atoms with Gasteiger partial charge >= 0.3 is 5.97 Å². The van der Waals surface area contributed by atoms with E-state index in [1.807, 2.05) is 0 Å². The van der Waals surface area contributed by atoms with E-state index in [0.717, 1.165) is 19.4 Å². The number of aliphatic carboxylic acids is 1. The summed E-state index contributed by atoms with van der Waals surface area (Å²) in [6, 6.07) is 1.15. The predicted octanol–water partition coefficient (Wildman–Crippen LogP) is 2.85. The summed E-state index contributed by atoms with van der Waals surface area (Å²) in [6.45, 7) is 2.99. The van der Waals surface area contributed by atoms with Crippen molar-refractivity contribution < 1.29 is 9.90 Å². The average molecular weight is 258 g/mol. The van der Waals surface area contributed by atoms with Crippen LogP contribution in [0.5, 0.6) is 0 Å². The van der Waals surface area contributed by atoms with Crippen molar-refractivity contribution in [2.75, 3.05) is 6.54 Å². The lowest BCUT2D eigenvalue weighted by molar-refractivity contribution is -0.138. The zero-order valence-corrected chi connectivity index (χ0v) is 11.0. The first-order chi connectivity index (χ1) is 8.10. The summed E-state index contributed by atoms with van der Waals surface area (Å²) >= 11 is 5.72. The summed E-state index contributed by atoms with van der Waals surface area (Å²) in [5, 5.41) is 8.87. The van der Waals surface area contributed by atoms with Gasteiger partial charge in [0.15, 0.2) is 0 Å². The molecule has 0 radical (unpaired) electrons. The molecule has 0 aromatic carbocycles. The topological polar surface area (TPSA) is 40.5 Å². The Balaban J connectivity index is 1.95. The van der Waals surface area contributed by atoms with Crippen molar-refractivity contribution in [2.45, 2.75) is 51.1 Å². The fraction of sp³-hybridized carbons (Fsp3) is 0.769. The molecule has 2 saturated heterocycles. The Morgan fingerprint density at radius 2 is 2.00 bits per heavy atom. The number of hydrogen-bond acceptors (Lipinski definition) is 2. The Morgan fingerprint density at radius 3 is 2.47 bits per heavy atom. The van der Waals surface area contributed by atoms with Crippen molar-refractivity contribution in [3.8, 4) is 0 Å². The smallest absolute Gasteiger partial charge is 0.303 e. The second-order valence-corrected chi connectivity index (χ2v) is 5.67. The van der Waals surface area contributed by atoms with Crippen LogP contribution in [-0.4, -0.2) is 34.6 Å². The highest BCUT2D eigenvalue weighted by molar-refractivity contribution is 6.25. The van der Waals surface area contributed by atoms with E-state index >= 15 is 0 Å². The molecule has 2 aliphatic rings. The summed E-state index contributed by atoms with van der Waals surface area (Å²) < 4.78 is 0. The number of carbonyl (C=O) groups is 1. The molecule has 4 heteroatoms. The van der Waals surface area contributed by atoms with Gasteiger partial charge in [0.1, 0.15) is 0 Å². The van der Waals surface area contributed by atoms with Crippen LogP contribution in [0.15, 0.2) is 11.1 Å². The molecule has 0 aromatic heterocycles. The fourth-order valence-corrected chi connectivity index (χ4v) is 3.45. The van der Waals surface area contributed by atoms with Crippen LogP contribution in [-0.2, 0) is 4.79 Å². The van der Waals surface area contributed by atoms with E-state index in [-0.39, 0.29) is 0 Å². The zero-order valence-electron chi connectivity index (χ0n) is 10.2. The fourth-order valence-electron chi connectivity index (χ4n) is 3.38. The molecule has 0 saturated carbocycles. The van der Waals surface area contributed by atoms with Gasteiger partial charge in [0.05, 0.1) is 0 Å². The van der Waals surface area contributed by atoms with Crippen molar-refractivity contribution in [3.05, 3.63) is 11.1 Å². The Labute approximate surface area is 107 Å². The van der Waals surface area contributed by atoms with Gasteiger partial charge in [0.2, 0.25) is 0 Å². The monoisotopic (exact) mass is 257 g/mol. The Hall–Kier alpha value is -0.540. The quantitative estimate of drug-likeness (QED) is 0.842. The van der Waals surface area contributed by atoms with Gasteiger partial charge in [0, 0.05) is 30.6 Å². The van der Waals surface area contributed by atoms with Crippen LogP contribution >= 0.6 is 11.6 Å². The zero-order chi connectivity index (χ0) is 12.4. The van der Waals surface area contributed by atoms with Crippen LogP contribution in [0.1, 0.15) is 39.0 Å². The Kier molecular flexibility index (Phi) is 4.10. The third-order valence-corrected chi connectivity index (χ3v) is 4.44. The number of nitrogens with zero attached hydrogens (tertiary/aromatic N) is 1. The Morgan fingerprint density at radius 1 is 1.41 bits per heavy atom. The maximum atomic E-state index is 10.8. The lowest BCUT2D eigenvalue weighted by Crippen LogP contribution is -2.43. The number of rotatable bonds is 4. The first-order valence-corrected chi connectivity index (χ1v) is 6.77. The van der Waals surface area contributed by atoms with Crippen LogP contribution in [0, 0.1) is 5.92 Å². The minimum Gasteiger partial charge on any atom is -0.481 e. The summed E-state index contributed by atoms with van der Waals surface area (Å²) in [7, 11) is 0. The van der Waals surface area contributed by atoms with Gasteiger partial charge in [-0.25, -0.2) is 0 Å². The number of carboxylic acid groups (broad SMARTS) is 1. The maximum Gasteiger partial charge on any atom is 0.303 e. The van der Waals surface area contributed by atoms with Gasteiger partial charge in [-0.15, -0.1) is 0 Å². The largest absolute Gasteiger partial charge is 0.481 e. The van der Waals surface area contributed by atoms with Crippen molar-refractivity contribution in [1.82, 2.24) is 4.90 Å². The molecule has 2 fully saturated rings. The molecule has 0 aromatic rings. The van der Waals surface area contributed by atoms with Crippen LogP contribution in [0.3, 0.4) is 0 Å². The van der Waals surface area contributed by atoms with Crippen LogP contribution in [0.25, 0.3) is 0 Å². The van der Waals surface area contributed by atoms with E-state index in [0.29, 0.717) is 24.4 Å². The summed E-state index contributed by atoms with van der Waals surface area (Å²) in [5.74, 6) is -0.277. The van der Waals surface area contributed by atoms with Crippen molar-refractivity contribution in [3.63, 3.8) is 0 Å². The lowest BCUT2D eigenvalue weighted by Gasteiger charge is -2.38. The number of fused-ring (bicyclic) bond motifs is 2. The number of carboxylic acids is 1. The molecule has 2 rings (SSSR count). The van der Waals surface area contributed by atoms with Gasteiger partial charge in [-0.1, -0.05) is 11.6 Å². The van der Waals surface area contributed by atoms with E-state index in [1.54, 1.807) is 5.54 Å². The highest BCUT2D eigenvalue weighted by atomic mass is 35.5. The predicted molar refractivity (Wildman–Crippen MR) is 68.1 cm³/mol. The van der Waals surface area contributed by atoms with E-state index in [2.05, 4.69) is 11.8 Å². The van der Waals surface area contributed by atoms with Gasteiger partial charge in [0.25, 0.3) is 0 Å². The van der Waals surface area contributed by atoms with E-state index in [9.17, 15) is 4.79 Å². The van der Waals surface area contributed by atoms with Gasteiger partial charge in [-0.2, -0.15) is 0 Å². The first-order valence-electron chi connectivity index (χ1n) is 6.33. The van der Waals surface area contributed by atoms with Gasteiger partial charge in [-0.05, 0) is 44.1 Å². The second-order valence-electron chi connectivity index (χ2n) is 5.45. The van der Waals surface area contributed by atoms with E-state index in [1.165, 1.54) is 18.4 Å². The summed E-state index contributed by atoms with van der Waals surface area (Å²) in [6.07, 6.45) is 4.86. The summed E-state index contributed by atoms with van der Waals surface area (Å²) in [5.41, 5.74) is 2.85. The molecule has 96 valence electrons. The minimum atomic E-state index is -0.653. The van der Waals surface area contributed by atoms with E-state index in [4.69, 9.17) is 16.7 Å². The molecule has 0 spiro atoms. The first kappa shape index (κ1) is 12.9.